The van der Waals surface area contributed by atoms with Gasteiger partial charge in [0.2, 0.25) is 0 Å². The predicted octanol–water partition coefficient (Wildman–Crippen LogP) is 5.95. The molecule has 222 valence electrons. The Balaban J connectivity index is 1.14. The lowest BCUT2D eigenvalue weighted by Crippen LogP contribution is -2.39. The van der Waals surface area contributed by atoms with Crippen LogP contribution < -0.4 is 4.90 Å². The van der Waals surface area contributed by atoms with Crippen LogP contribution in [0, 0.1) is 11.7 Å². The molecule has 1 amide bonds. The van der Waals surface area contributed by atoms with Gasteiger partial charge >= 0.3 is 5.97 Å². The Hall–Kier alpha value is -4.27. The van der Waals surface area contributed by atoms with Crippen LogP contribution in [0.5, 0.6) is 0 Å². The molecule has 1 saturated carbocycles. The van der Waals surface area contributed by atoms with Crippen molar-refractivity contribution in [1.29, 1.82) is 0 Å². The maximum absolute atomic E-state index is 15.6. The number of anilines is 1. The number of aromatic nitrogens is 3. The predicted molar refractivity (Wildman–Crippen MR) is 162 cm³/mol. The van der Waals surface area contributed by atoms with Crippen LogP contribution in [0.1, 0.15) is 78.3 Å². The second kappa shape index (κ2) is 11.1. The van der Waals surface area contributed by atoms with Gasteiger partial charge in [-0.05, 0) is 80.3 Å². The van der Waals surface area contributed by atoms with Crippen LogP contribution in [0.2, 0.25) is 0 Å². The van der Waals surface area contributed by atoms with Crippen molar-refractivity contribution < 1.29 is 18.7 Å². The first-order valence-electron chi connectivity index (χ1n) is 15.3. The van der Waals surface area contributed by atoms with E-state index in [2.05, 4.69) is 24.0 Å². The van der Waals surface area contributed by atoms with Crippen LogP contribution >= 0.6 is 0 Å². The van der Waals surface area contributed by atoms with Gasteiger partial charge < -0.3 is 14.5 Å². The SMILES string of the molecule is COC(=O)CC1CCN(c2ccc(-c3cc4nc(C(=O)N5CCc6ccccc6[C@H]5C)cc(C5CC5)n4n3)c(F)c2)CC1. The lowest BCUT2D eigenvalue weighted by molar-refractivity contribution is -0.141. The highest BCUT2D eigenvalue weighted by atomic mass is 19.1. The maximum Gasteiger partial charge on any atom is 0.305 e. The Kier molecular flexibility index (Phi) is 7.11. The summed E-state index contributed by atoms with van der Waals surface area (Å²) in [6, 6.07) is 17.2. The lowest BCUT2D eigenvalue weighted by Gasteiger charge is -2.35. The first kappa shape index (κ1) is 27.6. The molecule has 8 nitrogen and oxygen atoms in total. The van der Waals surface area contributed by atoms with E-state index in [4.69, 9.17) is 14.8 Å². The summed E-state index contributed by atoms with van der Waals surface area (Å²) < 4.78 is 22.2. The number of nitrogens with zero attached hydrogens (tertiary/aromatic N) is 5. The number of halogens is 1. The molecule has 9 heteroatoms. The summed E-state index contributed by atoms with van der Waals surface area (Å²) in [6.45, 7) is 4.25. The van der Waals surface area contributed by atoms with Gasteiger partial charge in [0.05, 0.1) is 18.8 Å². The van der Waals surface area contributed by atoms with Crippen molar-refractivity contribution in [3.05, 3.63) is 82.9 Å². The summed E-state index contributed by atoms with van der Waals surface area (Å²) in [5.74, 6) is 0.00923. The molecule has 1 aliphatic carbocycles. The quantitative estimate of drug-likeness (QED) is 0.262. The minimum Gasteiger partial charge on any atom is -0.469 e. The van der Waals surface area contributed by atoms with Gasteiger partial charge in [-0.2, -0.15) is 5.10 Å². The van der Waals surface area contributed by atoms with E-state index in [0.717, 1.165) is 56.6 Å². The number of ether oxygens (including phenoxy) is 1. The fourth-order valence-corrected chi connectivity index (χ4v) is 6.73. The van der Waals surface area contributed by atoms with Gasteiger partial charge in [-0.15, -0.1) is 0 Å². The van der Waals surface area contributed by atoms with Crippen molar-refractivity contribution in [3.8, 4) is 11.3 Å². The third-order valence-electron chi connectivity index (χ3n) is 9.42. The maximum atomic E-state index is 15.6. The van der Waals surface area contributed by atoms with Crippen LogP contribution in [0.15, 0.2) is 54.6 Å². The third kappa shape index (κ3) is 5.26. The molecule has 0 radical (unpaired) electrons. The number of benzene rings is 2. The fourth-order valence-electron chi connectivity index (χ4n) is 6.73. The number of piperidine rings is 1. The van der Waals surface area contributed by atoms with E-state index < -0.39 is 0 Å². The van der Waals surface area contributed by atoms with Crippen molar-refractivity contribution in [1.82, 2.24) is 19.5 Å². The van der Waals surface area contributed by atoms with Crippen LogP contribution in [0.3, 0.4) is 0 Å². The van der Waals surface area contributed by atoms with Crippen molar-refractivity contribution in [3.63, 3.8) is 0 Å². The first-order valence-corrected chi connectivity index (χ1v) is 15.3. The normalized spacial score (nSPS) is 19.0. The first-order chi connectivity index (χ1) is 20.9. The van der Waals surface area contributed by atoms with Crippen LogP contribution in [0.4, 0.5) is 10.1 Å². The highest BCUT2D eigenvalue weighted by Crippen LogP contribution is 2.41. The molecule has 0 unspecified atom stereocenters. The van der Waals surface area contributed by atoms with E-state index in [1.54, 1.807) is 22.7 Å². The molecular formula is C34H36FN5O3. The highest BCUT2D eigenvalue weighted by Gasteiger charge is 2.33. The van der Waals surface area contributed by atoms with E-state index in [1.165, 1.54) is 18.2 Å². The second-order valence-corrected chi connectivity index (χ2v) is 12.1. The van der Waals surface area contributed by atoms with Gasteiger partial charge in [0.15, 0.2) is 5.65 Å². The molecule has 4 aromatic rings. The van der Waals surface area contributed by atoms with Crippen molar-refractivity contribution in [2.75, 3.05) is 31.6 Å². The molecule has 0 N–H and O–H groups in total. The number of fused-ring (bicyclic) bond motifs is 2. The largest absolute Gasteiger partial charge is 0.469 e. The Labute approximate surface area is 250 Å². The van der Waals surface area contributed by atoms with Gasteiger partial charge in [0.25, 0.3) is 5.91 Å². The minimum atomic E-state index is -0.345. The topological polar surface area (TPSA) is 80.0 Å². The van der Waals surface area contributed by atoms with E-state index >= 15 is 4.39 Å². The molecule has 2 fully saturated rings. The Bertz CT molecular complexity index is 1710. The monoisotopic (exact) mass is 581 g/mol. The summed E-state index contributed by atoms with van der Waals surface area (Å²) in [4.78, 5) is 34.3. The number of esters is 1. The number of carbonyl (C=O) groups excluding carboxylic acids is 2. The molecule has 2 aromatic heterocycles. The molecule has 2 aromatic carbocycles. The summed E-state index contributed by atoms with van der Waals surface area (Å²) >= 11 is 0. The van der Waals surface area contributed by atoms with E-state index in [1.807, 2.05) is 29.2 Å². The number of hydrogen-bond acceptors (Lipinski definition) is 6. The molecule has 1 saturated heterocycles. The average Bonchev–Trinajstić information content (AvgIpc) is 3.79. The molecular weight excluding hydrogens is 545 g/mol. The molecule has 1 atom stereocenters. The fraction of sp³-hybridized carbons (Fsp3) is 0.412. The van der Waals surface area contributed by atoms with Gasteiger partial charge in [-0.25, -0.2) is 13.9 Å². The lowest BCUT2D eigenvalue weighted by atomic mass is 9.93. The van der Waals surface area contributed by atoms with Crippen LogP contribution in [0.25, 0.3) is 16.9 Å². The zero-order chi connectivity index (χ0) is 29.7. The van der Waals surface area contributed by atoms with Crippen LogP contribution in [-0.4, -0.2) is 58.1 Å². The van der Waals surface area contributed by atoms with Gasteiger partial charge in [-0.1, -0.05) is 24.3 Å². The highest BCUT2D eigenvalue weighted by molar-refractivity contribution is 5.93. The Morgan fingerprint density at radius 3 is 2.53 bits per heavy atom. The van der Waals surface area contributed by atoms with Gasteiger partial charge in [0.1, 0.15) is 11.5 Å². The average molecular weight is 582 g/mol. The number of methoxy groups -OCH3 is 1. The number of rotatable bonds is 6. The van der Waals surface area contributed by atoms with Gasteiger partial charge in [-0.3, -0.25) is 9.59 Å². The number of amides is 1. The van der Waals surface area contributed by atoms with Gasteiger partial charge in [0, 0.05) is 55.0 Å². The van der Waals surface area contributed by atoms with E-state index in [0.29, 0.717) is 47.4 Å². The smallest absolute Gasteiger partial charge is 0.305 e. The number of hydrogen-bond donors (Lipinski definition) is 0. The Morgan fingerprint density at radius 1 is 1.00 bits per heavy atom. The molecule has 0 spiro atoms. The Morgan fingerprint density at radius 2 is 1.79 bits per heavy atom. The van der Waals surface area contributed by atoms with Crippen molar-refractivity contribution >= 4 is 23.2 Å². The van der Waals surface area contributed by atoms with Crippen molar-refractivity contribution in [2.24, 2.45) is 5.92 Å². The summed E-state index contributed by atoms with van der Waals surface area (Å²) in [5.41, 5.74) is 6.13. The summed E-state index contributed by atoms with van der Waals surface area (Å²) in [5, 5.41) is 4.78. The van der Waals surface area contributed by atoms with Crippen LogP contribution in [-0.2, 0) is 16.0 Å². The summed E-state index contributed by atoms with van der Waals surface area (Å²) in [6.07, 6.45) is 5.06. The summed E-state index contributed by atoms with van der Waals surface area (Å²) in [7, 11) is 1.42. The third-order valence-corrected chi connectivity index (χ3v) is 9.42. The molecule has 7 rings (SSSR count). The molecule has 3 aliphatic rings. The minimum absolute atomic E-state index is 0.0356. The van der Waals surface area contributed by atoms with Crippen molar-refractivity contribution in [2.45, 2.75) is 57.4 Å². The zero-order valence-corrected chi connectivity index (χ0v) is 24.6. The molecule has 43 heavy (non-hydrogen) atoms. The molecule has 4 heterocycles. The molecule has 0 bridgehead atoms. The number of carbonyl (C=O) groups is 2. The van der Waals surface area contributed by atoms with E-state index in [-0.39, 0.29) is 23.7 Å². The second-order valence-electron chi connectivity index (χ2n) is 12.1. The standard InChI is InChI=1S/C34H36FN5O3/c1-21-26-6-4-3-5-23(26)13-16-39(21)34(42)30-19-31(24-7-8-24)40-32(36-30)20-29(37-40)27-10-9-25(18-28(27)35)38-14-11-22(12-15-38)17-33(41)43-2/h3-6,9-10,18-22,24H,7-8,11-17H2,1-2H3/t21-/m1/s1. The van der Waals surface area contributed by atoms with E-state index in [9.17, 15) is 9.59 Å². The zero-order valence-electron chi connectivity index (χ0n) is 24.6. The molecule has 2 aliphatic heterocycles.